The molecular formula is C15H12ClF4N5O. The Bertz CT molecular complexity index is 934. The molecule has 0 aliphatic rings. The van der Waals surface area contributed by atoms with Crippen LogP contribution in [0.5, 0.6) is 5.88 Å². The van der Waals surface area contributed by atoms with Gasteiger partial charge in [0, 0.05) is 18.0 Å². The van der Waals surface area contributed by atoms with E-state index in [0.717, 1.165) is 0 Å². The first kappa shape index (κ1) is 18.3. The molecule has 11 heteroatoms. The van der Waals surface area contributed by atoms with E-state index in [1.165, 1.54) is 6.20 Å². The van der Waals surface area contributed by atoms with Crippen molar-refractivity contribution in [2.75, 3.05) is 6.61 Å². The highest BCUT2D eigenvalue weighted by Gasteiger charge is 2.42. The highest BCUT2D eigenvalue weighted by molar-refractivity contribution is 6.34. The van der Waals surface area contributed by atoms with Crippen molar-refractivity contribution in [2.45, 2.75) is 25.8 Å². The molecule has 26 heavy (non-hydrogen) atoms. The van der Waals surface area contributed by atoms with E-state index < -0.39 is 19.0 Å². The third kappa shape index (κ3) is 3.85. The van der Waals surface area contributed by atoms with E-state index in [4.69, 9.17) is 11.6 Å². The number of fused-ring (bicyclic) bond motifs is 1. The molecular weight excluding hydrogens is 378 g/mol. The maximum atomic E-state index is 12.9. The molecule has 138 valence electrons. The molecule has 3 aromatic heterocycles. The minimum Gasteiger partial charge on any atom is -0.470 e. The van der Waals surface area contributed by atoms with Crippen LogP contribution in [0, 0.1) is 6.92 Å². The maximum absolute atomic E-state index is 12.9. The van der Waals surface area contributed by atoms with Crippen LogP contribution in [0.1, 0.15) is 11.3 Å². The summed E-state index contributed by atoms with van der Waals surface area (Å²) in [6.07, 6.45) is -0.590. The largest absolute Gasteiger partial charge is 0.470 e. The predicted octanol–water partition coefficient (Wildman–Crippen LogP) is 3.51. The quantitative estimate of drug-likeness (QED) is 0.477. The number of pyridine rings is 1. The van der Waals surface area contributed by atoms with Crippen molar-refractivity contribution in [3.63, 3.8) is 0 Å². The van der Waals surface area contributed by atoms with Crippen molar-refractivity contribution in [3.8, 4) is 5.88 Å². The van der Waals surface area contributed by atoms with Crippen LogP contribution in [-0.2, 0) is 6.54 Å². The Balaban J connectivity index is 1.73. The second-order valence-corrected chi connectivity index (χ2v) is 5.89. The van der Waals surface area contributed by atoms with Crippen LogP contribution < -0.4 is 4.74 Å². The normalized spacial score (nSPS) is 12.1. The molecule has 0 spiro atoms. The fraction of sp³-hybridized carbons (Fsp3) is 0.333. The molecule has 3 aromatic rings. The molecule has 0 saturated carbocycles. The zero-order chi connectivity index (χ0) is 18.9. The molecule has 0 aliphatic heterocycles. The Morgan fingerprint density at radius 3 is 2.73 bits per heavy atom. The zero-order valence-electron chi connectivity index (χ0n) is 13.3. The van der Waals surface area contributed by atoms with Gasteiger partial charge in [-0.3, -0.25) is 4.68 Å². The Labute approximate surface area is 149 Å². The number of aryl methyl sites for hydroxylation is 1. The first-order valence-electron chi connectivity index (χ1n) is 7.36. The van der Waals surface area contributed by atoms with Crippen LogP contribution in [0.15, 0.2) is 24.5 Å². The summed E-state index contributed by atoms with van der Waals surface area (Å²) in [4.78, 5) is 3.96. The van der Waals surface area contributed by atoms with Gasteiger partial charge >= 0.3 is 12.3 Å². The molecule has 3 rings (SSSR count). The molecule has 0 bridgehead atoms. The van der Waals surface area contributed by atoms with Crippen molar-refractivity contribution < 1.29 is 22.3 Å². The van der Waals surface area contributed by atoms with E-state index in [9.17, 15) is 17.6 Å². The summed E-state index contributed by atoms with van der Waals surface area (Å²) < 4.78 is 56.4. The van der Waals surface area contributed by atoms with Gasteiger partial charge in [0.1, 0.15) is 5.15 Å². The number of halogens is 5. The average molecular weight is 390 g/mol. The van der Waals surface area contributed by atoms with Gasteiger partial charge in [-0.2, -0.15) is 13.9 Å². The average Bonchev–Trinajstić information content (AvgIpc) is 2.98. The van der Waals surface area contributed by atoms with Gasteiger partial charge in [0.05, 0.1) is 23.1 Å². The van der Waals surface area contributed by atoms with Gasteiger partial charge in [-0.1, -0.05) is 11.6 Å². The number of alkyl halides is 4. The highest BCUT2D eigenvalue weighted by Crippen LogP contribution is 2.25. The summed E-state index contributed by atoms with van der Waals surface area (Å²) in [6.45, 7) is 0.316. The Hall–Kier alpha value is -2.49. The minimum atomic E-state index is -4.25. The number of aromatic nitrogens is 5. The van der Waals surface area contributed by atoms with Crippen molar-refractivity contribution >= 4 is 22.5 Å². The van der Waals surface area contributed by atoms with E-state index in [0.29, 0.717) is 27.3 Å². The molecule has 0 unspecified atom stereocenters. The highest BCUT2D eigenvalue weighted by atomic mass is 35.5. The Morgan fingerprint density at radius 2 is 2.08 bits per heavy atom. The minimum absolute atomic E-state index is 0.230. The van der Waals surface area contributed by atoms with E-state index >= 15 is 0 Å². The van der Waals surface area contributed by atoms with E-state index in [-0.39, 0.29) is 12.4 Å². The smallest absolute Gasteiger partial charge is 0.340 e. The first-order valence-corrected chi connectivity index (χ1v) is 7.74. The van der Waals surface area contributed by atoms with E-state index in [2.05, 4.69) is 25.0 Å². The molecule has 0 N–H and O–H groups in total. The molecule has 0 radical (unpaired) electrons. The second-order valence-electron chi connectivity index (χ2n) is 5.54. The topological polar surface area (TPSA) is 65.7 Å². The summed E-state index contributed by atoms with van der Waals surface area (Å²) in [7, 11) is 0. The van der Waals surface area contributed by atoms with Gasteiger partial charge in [-0.05, 0) is 19.1 Å². The lowest BCUT2D eigenvalue weighted by Crippen LogP contribution is -2.34. The maximum Gasteiger partial charge on any atom is 0.340 e. The van der Waals surface area contributed by atoms with Crippen LogP contribution in [-0.4, -0.2) is 43.9 Å². The lowest BCUT2D eigenvalue weighted by molar-refractivity contribution is -0.148. The molecule has 0 amide bonds. The third-order valence-electron chi connectivity index (χ3n) is 3.47. The Kier molecular flexibility index (Phi) is 4.94. The van der Waals surface area contributed by atoms with Crippen molar-refractivity contribution in [2.24, 2.45) is 0 Å². The standard InChI is InChI=1S/C15H12ClF4N5O/c1-8-4-9(22-23-13(8)26-7-15(19,20)14(17)18)5-25-6-10-11(24-25)2-3-21-12(10)16/h2-4,6,14H,5,7H2,1H3. The summed E-state index contributed by atoms with van der Waals surface area (Å²) in [5, 5.41) is 12.8. The number of hydrogen-bond acceptors (Lipinski definition) is 5. The molecule has 0 atom stereocenters. The Morgan fingerprint density at radius 1 is 1.31 bits per heavy atom. The van der Waals surface area contributed by atoms with Crippen molar-refractivity contribution in [1.29, 1.82) is 0 Å². The third-order valence-corrected chi connectivity index (χ3v) is 3.77. The van der Waals surface area contributed by atoms with Gasteiger partial charge in [0.15, 0.2) is 6.61 Å². The summed E-state index contributed by atoms with van der Waals surface area (Å²) >= 11 is 5.99. The van der Waals surface area contributed by atoms with E-state index in [1.807, 2.05) is 0 Å². The number of nitrogens with zero attached hydrogens (tertiary/aromatic N) is 5. The second kappa shape index (κ2) is 7.02. The summed E-state index contributed by atoms with van der Waals surface area (Å²) in [5.41, 5.74) is 1.52. The van der Waals surface area contributed by atoms with E-state index in [1.54, 1.807) is 29.9 Å². The molecule has 0 aromatic carbocycles. The molecule has 3 heterocycles. The van der Waals surface area contributed by atoms with Crippen LogP contribution in [0.25, 0.3) is 10.9 Å². The van der Waals surface area contributed by atoms with Gasteiger partial charge in [-0.25, -0.2) is 13.8 Å². The van der Waals surface area contributed by atoms with Crippen LogP contribution in [0.3, 0.4) is 0 Å². The van der Waals surface area contributed by atoms with Gasteiger partial charge < -0.3 is 4.74 Å². The van der Waals surface area contributed by atoms with Crippen LogP contribution >= 0.6 is 11.6 Å². The monoisotopic (exact) mass is 389 g/mol. The number of rotatable bonds is 6. The fourth-order valence-corrected chi connectivity index (χ4v) is 2.39. The number of hydrogen-bond donors (Lipinski definition) is 0. The summed E-state index contributed by atoms with van der Waals surface area (Å²) in [6, 6.07) is 3.25. The van der Waals surface area contributed by atoms with Crippen molar-refractivity contribution in [3.05, 3.63) is 40.9 Å². The predicted molar refractivity (Wildman–Crippen MR) is 84.9 cm³/mol. The first-order chi connectivity index (χ1) is 12.3. The fourth-order valence-electron chi connectivity index (χ4n) is 2.18. The lowest BCUT2D eigenvalue weighted by Gasteiger charge is -2.16. The van der Waals surface area contributed by atoms with Gasteiger partial charge in [0.25, 0.3) is 0 Å². The molecule has 0 saturated heterocycles. The van der Waals surface area contributed by atoms with Crippen LogP contribution in [0.2, 0.25) is 5.15 Å². The summed E-state index contributed by atoms with van der Waals surface area (Å²) in [5.74, 6) is -4.48. The molecule has 6 nitrogen and oxygen atoms in total. The molecule has 0 aliphatic carbocycles. The van der Waals surface area contributed by atoms with Gasteiger partial charge in [0.2, 0.25) is 5.88 Å². The van der Waals surface area contributed by atoms with Crippen LogP contribution in [0.4, 0.5) is 17.6 Å². The lowest BCUT2D eigenvalue weighted by atomic mass is 10.2. The SMILES string of the molecule is Cc1cc(Cn2cc3c(Cl)nccc3n2)nnc1OCC(F)(F)C(F)F. The van der Waals surface area contributed by atoms with Crippen molar-refractivity contribution in [1.82, 2.24) is 25.0 Å². The number of ether oxygens (including phenoxy) is 1. The molecule has 0 fully saturated rings. The zero-order valence-corrected chi connectivity index (χ0v) is 14.1. The van der Waals surface area contributed by atoms with Gasteiger partial charge in [-0.15, -0.1) is 10.2 Å².